The Morgan fingerprint density at radius 3 is 2.14 bits per heavy atom. The monoisotopic (exact) mass is 285 g/mol. The minimum atomic E-state index is -0.342. The van der Waals surface area contributed by atoms with Crippen molar-refractivity contribution in [3.05, 3.63) is 29.3 Å². The van der Waals surface area contributed by atoms with E-state index in [4.69, 9.17) is 5.26 Å². The molecular formula is C16H19N3O2. The molecule has 21 heavy (non-hydrogen) atoms. The Kier molecular flexibility index (Phi) is 4.27. The first-order valence-electron chi connectivity index (χ1n) is 6.96. The lowest BCUT2D eigenvalue weighted by Crippen LogP contribution is -2.55. The molecule has 1 saturated heterocycles. The number of nitriles is 1. The van der Waals surface area contributed by atoms with Crippen molar-refractivity contribution in [3.8, 4) is 6.07 Å². The van der Waals surface area contributed by atoms with Crippen LogP contribution in [0.4, 0.5) is 5.69 Å². The van der Waals surface area contributed by atoms with Crippen LogP contribution in [-0.4, -0.2) is 36.3 Å². The van der Waals surface area contributed by atoms with Crippen molar-refractivity contribution in [3.63, 3.8) is 0 Å². The second-order valence-electron chi connectivity index (χ2n) is 5.63. The number of carbonyl (C=O) groups excluding carboxylic acids is 2. The van der Waals surface area contributed by atoms with Gasteiger partial charge in [-0.3, -0.25) is 14.5 Å². The van der Waals surface area contributed by atoms with E-state index >= 15 is 0 Å². The molecule has 0 bridgehead atoms. The van der Waals surface area contributed by atoms with E-state index < -0.39 is 0 Å². The molecule has 1 heterocycles. The summed E-state index contributed by atoms with van der Waals surface area (Å²) in [6.45, 7) is 6.21. The molecule has 1 aliphatic heterocycles. The van der Waals surface area contributed by atoms with Gasteiger partial charge >= 0.3 is 0 Å². The number of hydrogen-bond donors (Lipinski definition) is 0. The molecule has 5 heteroatoms. The zero-order chi connectivity index (χ0) is 15.6. The fourth-order valence-electron chi connectivity index (χ4n) is 2.53. The van der Waals surface area contributed by atoms with Crippen molar-refractivity contribution in [1.82, 2.24) is 4.90 Å². The average Bonchev–Trinajstić information content (AvgIpc) is 2.41. The van der Waals surface area contributed by atoms with E-state index in [9.17, 15) is 9.59 Å². The van der Waals surface area contributed by atoms with Crippen LogP contribution >= 0.6 is 0 Å². The fourth-order valence-corrected chi connectivity index (χ4v) is 2.53. The van der Waals surface area contributed by atoms with Gasteiger partial charge < -0.3 is 4.90 Å². The van der Waals surface area contributed by atoms with E-state index in [1.807, 2.05) is 26.0 Å². The van der Waals surface area contributed by atoms with Crippen LogP contribution in [0, 0.1) is 31.1 Å². The van der Waals surface area contributed by atoms with Gasteiger partial charge in [-0.25, -0.2) is 0 Å². The standard InChI is InChI=1S/C16H19N3O2/c1-11-4-12(2)6-14(5-11)18-9-15(20)19(16(21)10-18)8-13(3)7-17/h4-6,13H,8-10H2,1-3H3. The highest BCUT2D eigenvalue weighted by Crippen LogP contribution is 2.21. The van der Waals surface area contributed by atoms with Crippen LogP contribution in [0.1, 0.15) is 18.1 Å². The van der Waals surface area contributed by atoms with E-state index in [1.54, 1.807) is 11.8 Å². The number of piperazine rings is 1. The minimum absolute atomic E-state index is 0.173. The molecule has 110 valence electrons. The highest BCUT2D eigenvalue weighted by atomic mass is 16.2. The second kappa shape index (κ2) is 5.96. The number of rotatable bonds is 3. The molecule has 0 aliphatic carbocycles. The number of aryl methyl sites for hydroxylation is 2. The van der Waals surface area contributed by atoms with Gasteiger partial charge in [0.1, 0.15) is 0 Å². The third-order valence-electron chi connectivity index (χ3n) is 3.50. The van der Waals surface area contributed by atoms with Crippen molar-refractivity contribution >= 4 is 17.5 Å². The maximum atomic E-state index is 12.2. The van der Waals surface area contributed by atoms with E-state index in [-0.39, 0.29) is 37.4 Å². The van der Waals surface area contributed by atoms with Crippen LogP contribution < -0.4 is 4.90 Å². The van der Waals surface area contributed by atoms with Crippen LogP contribution in [0.25, 0.3) is 0 Å². The number of amides is 2. The summed E-state index contributed by atoms with van der Waals surface area (Å²) in [5, 5.41) is 8.82. The molecular weight excluding hydrogens is 266 g/mol. The first-order chi connectivity index (χ1) is 9.90. The van der Waals surface area contributed by atoms with Crippen molar-refractivity contribution in [2.75, 3.05) is 24.5 Å². The quantitative estimate of drug-likeness (QED) is 0.792. The van der Waals surface area contributed by atoms with Crippen LogP contribution in [0.2, 0.25) is 0 Å². The SMILES string of the molecule is Cc1cc(C)cc(N2CC(=O)N(CC(C)C#N)C(=O)C2)c1. The van der Waals surface area contributed by atoms with Gasteiger partial charge in [-0.15, -0.1) is 0 Å². The molecule has 2 amide bonds. The summed E-state index contributed by atoms with van der Waals surface area (Å²) in [7, 11) is 0. The number of benzene rings is 1. The lowest BCUT2D eigenvalue weighted by molar-refractivity contribution is -0.145. The second-order valence-corrected chi connectivity index (χ2v) is 5.63. The molecule has 1 aromatic rings. The van der Waals surface area contributed by atoms with Gasteiger partial charge in [0.2, 0.25) is 11.8 Å². The molecule has 0 N–H and O–H groups in total. The molecule has 0 radical (unpaired) electrons. The third kappa shape index (κ3) is 3.40. The predicted octanol–water partition coefficient (Wildman–Crippen LogP) is 1.64. The first kappa shape index (κ1) is 15.0. The molecule has 0 saturated carbocycles. The van der Waals surface area contributed by atoms with Gasteiger partial charge in [0.05, 0.1) is 25.1 Å². The molecule has 0 spiro atoms. The van der Waals surface area contributed by atoms with Crippen LogP contribution in [0.15, 0.2) is 18.2 Å². The average molecular weight is 285 g/mol. The van der Waals surface area contributed by atoms with Crippen LogP contribution in [0.5, 0.6) is 0 Å². The summed E-state index contributed by atoms with van der Waals surface area (Å²) >= 11 is 0. The zero-order valence-corrected chi connectivity index (χ0v) is 12.6. The number of imide groups is 1. The summed E-state index contributed by atoms with van der Waals surface area (Å²) in [5.41, 5.74) is 3.10. The first-order valence-corrected chi connectivity index (χ1v) is 6.96. The van der Waals surface area contributed by atoms with Gasteiger partial charge in [0.15, 0.2) is 0 Å². The maximum Gasteiger partial charge on any atom is 0.248 e. The highest BCUT2D eigenvalue weighted by molar-refractivity contribution is 6.02. The smallest absolute Gasteiger partial charge is 0.248 e. The number of nitrogens with zero attached hydrogens (tertiary/aromatic N) is 3. The van der Waals surface area contributed by atoms with Crippen molar-refractivity contribution in [2.45, 2.75) is 20.8 Å². The van der Waals surface area contributed by atoms with Gasteiger partial charge in [-0.2, -0.15) is 5.26 Å². The topological polar surface area (TPSA) is 64.4 Å². The molecule has 1 unspecified atom stereocenters. The molecule has 1 fully saturated rings. The Hall–Kier alpha value is -2.35. The van der Waals surface area contributed by atoms with Crippen molar-refractivity contribution < 1.29 is 9.59 Å². The molecule has 2 rings (SSSR count). The fraction of sp³-hybridized carbons (Fsp3) is 0.438. The van der Waals surface area contributed by atoms with Gasteiger partial charge in [0.25, 0.3) is 0 Å². The minimum Gasteiger partial charge on any atom is -0.353 e. The van der Waals surface area contributed by atoms with E-state index in [0.29, 0.717) is 0 Å². The summed E-state index contributed by atoms with van der Waals surface area (Å²) < 4.78 is 0. The highest BCUT2D eigenvalue weighted by Gasteiger charge is 2.32. The summed E-state index contributed by atoms with van der Waals surface area (Å²) in [5.74, 6) is -0.828. The lowest BCUT2D eigenvalue weighted by atomic mass is 10.1. The molecule has 1 atom stereocenters. The normalized spacial score (nSPS) is 16.9. The van der Waals surface area contributed by atoms with Crippen LogP contribution in [0.3, 0.4) is 0 Å². The Balaban J connectivity index is 2.16. The summed E-state index contributed by atoms with van der Waals surface area (Å²) in [6, 6.07) is 8.05. The van der Waals surface area contributed by atoms with Gasteiger partial charge in [0, 0.05) is 12.2 Å². The summed E-state index contributed by atoms with van der Waals surface area (Å²) in [6.07, 6.45) is 0. The third-order valence-corrected chi connectivity index (χ3v) is 3.50. The number of hydrogen-bond acceptors (Lipinski definition) is 4. The maximum absolute atomic E-state index is 12.2. The van der Waals surface area contributed by atoms with Gasteiger partial charge in [-0.05, 0) is 44.0 Å². The molecule has 1 aliphatic rings. The van der Waals surface area contributed by atoms with Crippen LogP contribution in [-0.2, 0) is 9.59 Å². The molecule has 5 nitrogen and oxygen atoms in total. The molecule has 1 aromatic carbocycles. The number of carbonyl (C=O) groups is 2. The Morgan fingerprint density at radius 2 is 1.67 bits per heavy atom. The lowest BCUT2D eigenvalue weighted by Gasteiger charge is -2.34. The molecule has 0 aromatic heterocycles. The Bertz CT molecular complexity index is 580. The van der Waals surface area contributed by atoms with E-state index in [2.05, 4.69) is 12.1 Å². The van der Waals surface area contributed by atoms with Crippen molar-refractivity contribution in [2.24, 2.45) is 5.92 Å². The summed E-state index contributed by atoms with van der Waals surface area (Å²) in [4.78, 5) is 27.3. The van der Waals surface area contributed by atoms with Gasteiger partial charge in [-0.1, -0.05) is 6.07 Å². The Labute approximate surface area is 124 Å². The predicted molar refractivity (Wildman–Crippen MR) is 79.6 cm³/mol. The van der Waals surface area contributed by atoms with E-state index in [0.717, 1.165) is 16.8 Å². The largest absolute Gasteiger partial charge is 0.353 e. The number of anilines is 1. The van der Waals surface area contributed by atoms with E-state index in [1.165, 1.54) is 4.90 Å². The van der Waals surface area contributed by atoms with Crippen molar-refractivity contribution in [1.29, 1.82) is 5.26 Å². The zero-order valence-electron chi connectivity index (χ0n) is 12.6. The Morgan fingerprint density at radius 1 is 1.14 bits per heavy atom.